The van der Waals surface area contributed by atoms with Crippen LogP contribution in [0.15, 0.2) is 35.2 Å². The number of rotatable bonds is 5. The number of likely N-dealkylation sites (tertiary alicyclic amines) is 1. The second-order valence-electron chi connectivity index (χ2n) is 6.58. The van der Waals surface area contributed by atoms with E-state index < -0.39 is 10.0 Å². The molecule has 0 radical (unpaired) electrons. The number of carbonyl (C=O) groups is 1. The van der Waals surface area contributed by atoms with Crippen LogP contribution >= 0.6 is 0 Å². The Kier molecular flexibility index (Phi) is 5.73. The first-order chi connectivity index (χ1) is 12.0. The topological polar surface area (TPSA) is 79.0 Å². The third-order valence-electron chi connectivity index (χ3n) is 4.79. The average Bonchev–Trinajstić information content (AvgIpc) is 2.61. The standard InChI is InChI=1S/C17H25N3O4S/c1-19-10-8-16-15(13-19)20(11-12-24-16)17(21)7-9-18-25(22,23)14-5-3-2-4-6-14/h2-6,15-16,18H,7-13H2,1H3. The summed E-state index contributed by atoms with van der Waals surface area (Å²) >= 11 is 0. The Balaban J connectivity index is 1.55. The van der Waals surface area contributed by atoms with Gasteiger partial charge in [-0.2, -0.15) is 0 Å². The van der Waals surface area contributed by atoms with Crippen molar-refractivity contribution in [2.45, 2.75) is 29.9 Å². The summed E-state index contributed by atoms with van der Waals surface area (Å²) in [6.45, 7) is 2.98. The van der Waals surface area contributed by atoms with Crippen LogP contribution < -0.4 is 4.72 Å². The van der Waals surface area contributed by atoms with E-state index in [0.29, 0.717) is 13.2 Å². The summed E-state index contributed by atoms with van der Waals surface area (Å²) < 4.78 is 32.7. The van der Waals surface area contributed by atoms with E-state index in [2.05, 4.69) is 9.62 Å². The number of carbonyl (C=O) groups excluding carboxylic acids is 1. The Morgan fingerprint density at radius 3 is 2.80 bits per heavy atom. The molecule has 8 heteroatoms. The van der Waals surface area contributed by atoms with Crippen LogP contribution in [0.4, 0.5) is 0 Å². The summed E-state index contributed by atoms with van der Waals surface area (Å²) in [6, 6.07) is 8.24. The second kappa shape index (κ2) is 7.82. The van der Waals surface area contributed by atoms with E-state index >= 15 is 0 Å². The van der Waals surface area contributed by atoms with E-state index in [0.717, 1.165) is 19.5 Å². The molecular formula is C17H25N3O4S. The molecule has 3 rings (SSSR count). The number of fused-ring (bicyclic) bond motifs is 1. The van der Waals surface area contributed by atoms with Crippen LogP contribution in [-0.4, -0.2) is 76.1 Å². The number of nitrogens with zero attached hydrogens (tertiary/aromatic N) is 2. The Labute approximate surface area is 149 Å². The summed E-state index contributed by atoms with van der Waals surface area (Å²) in [6.07, 6.45) is 1.17. The first kappa shape index (κ1) is 18.3. The van der Waals surface area contributed by atoms with E-state index in [-0.39, 0.29) is 35.9 Å². The number of benzene rings is 1. The highest BCUT2D eigenvalue weighted by atomic mass is 32.2. The minimum absolute atomic E-state index is 0.0237. The highest BCUT2D eigenvalue weighted by Gasteiger charge is 2.38. The minimum atomic E-state index is -3.57. The lowest BCUT2D eigenvalue weighted by Crippen LogP contribution is -2.61. The number of sulfonamides is 1. The number of amides is 1. The molecule has 2 unspecified atom stereocenters. The maximum absolute atomic E-state index is 12.6. The van der Waals surface area contributed by atoms with Crippen molar-refractivity contribution in [3.8, 4) is 0 Å². The van der Waals surface area contributed by atoms with Crippen molar-refractivity contribution in [1.82, 2.24) is 14.5 Å². The number of ether oxygens (including phenoxy) is 1. The Morgan fingerprint density at radius 2 is 2.04 bits per heavy atom. The zero-order valence-corrected chi connectivity index (χ0v) is 15.2. The third kappa shape index (κ3) is 4.38. The molecule has 7 nitrogen and oxygen atoms in total. The highest BCUT2D eigenvalue weighted by molar-refractivity contribution is 7.89. The van der Waals surface area contributed by atoms with Crippen LogP contribution in [0.2, 0.25) is 0 Å². The molecule has 2 atom stereocenters. The van der Waals surface area contributed by atoms with Gasteiger partial charge in [-0.3, -0.25) is 4.79 Å². The molecule has 1 N–H and O–H groups in total. The SMILES string of the molecule is CN1CCC2OCCN(C(=O)CCNS(=O)(=O)c3ccccc3)C2C1. The fourth-order valence-corrected chi connectivity index (χ4v) is 4.51. The van der Waals surface area contributed by atoms with E-state index in [1.165, 1.54) is 12.1 Å². The van der Waals surface area contributed by atoms with Crippen molar-refractivity contribution in [1.29, 1.82) is 0 Å². The summed E-state index contributed by atoms with van der Waals surface area (Å²) in [7, 11) is -1.53. The third-order valence-corrected chi connectivity index (χ3v) is 6.27. The largest absolute Gasteiger partial charge is 0.374 e. The van der Waals surface area contributed by atoms with Crippen molar-refractivity contribution >= 4 is 15.9 Å². The molecule has 0 spiro atoms. The molecule has 2 aliphatic rings. The molecule has 0 aromatic heterocycles. The predicted octanol–water partition coefficient (Wildman–Crippen LogP) is 0.287. The first-order valence-corrected chi connectivity index (χ1v) is 10.1. The lowest BCUT2D eigenvalue weighted by Gasteiger charge is -2.46. The number of hydrogen-bond donors (Lipinski definition) is 1. The van der Waals surface area contributed by atoms with E-state index in [1.807, 2.05) is 11.9 Å². The van der Waals surface area contributed by atoms with Crippen LogP contribution in [0, 0.1) is 0 Å². The number of morpholine rings is 1. The molecule has 2 aliphatic heterocycles. The highest BCUT2D eigenvalue weighted by Crippen LogP contribution is 2.23. The lowest BCUT2D eigenvalue weighted by molar-refractivity contribution is -0.151. The molecule has 0 bridgehead atoms. The van der Waals surface area contributed by atoms with Gasteiger partial charge in [-0.25, -0.2) is 13.1 Å². The van der Waals surface area contributed by atoms with Crippen molar-refractivity contribution in [3.63, 3.8) is 0 Å². The quantitative estimate of drug-likeness (QED) is 0.809. The van der Waals surface area contributed by atoms with Gasteiger partial charge in [0.25, 0.3) is 0 Å². The lowest BCUT2D eigenvalue weighted by atomic mass is 9.99. The van der Waals surface area contributed by atoms with Gasteiger partial charge in [0.15, 0.2) is 0 Å². The summed E-state index contributed by atoms with van der Waals surface area (Å²) in [5, 5.41) is 0. The minimum Gasteiger partial charge on any atom is -0.374 e. The van der Waals surface area contributed by atoms with Gasteiger partial charge in [-0.15, -0.1) is 0 Å². The summed E-state index contributed by atoms with van der Waals surface area (Å²) in [4.78, 5) is 16.9. The van der Waals surface area contributed by atoms with Gasteiger partial charge < -0.3 is 14.5 Å². The molecule has 2 heterocycles. The Bertz CT molecular complexity index is 695. The second-order valence-corrected chi connectivity index (χ2v) is 8.34. The molecule has 2 saturated heterocycles. The van der Waals surface area contributed by atoms with E-state index in [9.17, 15) is 13.2 Å². The van der Waals surface area contributed by atoms with Crippen molar-refractivity contribution in [3.05, 3.63) is 30.3 Å². The maximum Gasteiger partial charge on any atom is 0.240 e. The van der Waals surface area contributed by atoms with Gasteiger partial charge in [0.1, 0.15) is 0 Å². The summed E-state index contributed by atoms with van der Waals surface area (Å²) in [5.41, 5.74) is 0. The maximum atomic E-state index is 12.6. The molecule has 0 saturated carbocycles. The zero-order valence-electron chi connectivity index (χ0n) is 14.4. The molecule has 1 aromatic carbocycles. The van der Waals surface area contributed by atoms with Gasteiger partial charge in [0.2, 0.25) is 15.9 Å². The monoisotopic (exact) mass is 367 g/mol. The molecular weight excluding hydrogens is 342 g/mol. The van der Waals surface area contributed by atoms with Crippen molar-refractivity contribution < 1.29 is 17.9 Å². The van der Waals surface area contributed by atoms with E-state index in [1.54, 1.807) is 18.2 Å². The molecule has 1 aromatic rings. The van der Waals surface area contributed by atoms with Gasteiger partial charge in [-0.05, 0) is 25.6 Å². The molecule has 25 heavy (non-hydrogen) atoms. The number of hydrogen-bond acceptors (Lipinski definition) is 5. The van der Waals surface area contributed by atoms with Crippen LogP contribution in [0.1, 0.15) is 12.8 Å². The normalized spacial score (nSPS) is 24.8. The van der Waals surface area contributed by atoms with Crippen LogP contribution in [0.3, 0.4) is 0 Å². The number of piperidine rings is 1. The number of likely N-dealkylation sites (N-methyl/N-ethyl adjacent to an activating group) is 1. The van der Waals surface area contributed by atoms with Crippen molar-refractivity contribution in [2.24, 2.45) is 0 Å². The van der Waals surface area contributed by atoms with Crippen molar-refractivity contribution in [2.75, 3.05) is 39.8 Å². The van der Waals surface area contributed by atoms with Crippen LogP contribution in [0.5, 0.6) is 0 Å². The fourth-order valence-electron chi connectivity index (χ4n) is 3.46. The van der Waals surface area contributed by atoms with Gasteiger partial charge >= 0.3 is 0 Å². The molecule has 0 aliphatic carbocycles. The van der Waals surface area contributed by atoms with E-state index in [4.69, 9.17) is 4.74 Å². The zero-order chi connectivity index (χ0) is 17.9. The molecule has 2 fully saturated rings. The smallest absolute Gasteiger partial charge is 0.240 e. The van der Waals surface area contributed by atoms with Crippen LogP contribution in [0.25, 0.3) is 0 Å². The van der Waals surface area contributed by atoms with Crippen LogP contribution in [-0.2, 0) is 19.6 Å². The van der Waals surface area contributed by atoms with Gasteiger partial charge in [-0.1, -0.05) is 18.2 Å². The Morgan fingerprint density at radius 1 is 1.28 bits per heavy atom. The first-order valence-electron chi connectivity index (χ1n) is 8.62. The Hall–Kier alpha value is -1.48. The fraction of sp³-hybridized carbons (Fsp3) is 0.588. The predicted molar refractivity (Wildman–Crippen MR) is 93.6 cm³/mol. The number of nitrogens with one attached hydrogen (secondary N) is 1. The average molecular weight is 367 g/mol. The molecule has 138 valence electrons. The molecule has 1 amide bonds. The van der Waals surface area contributed by atoms with Gasteiger partial charge in [0, 0.05) is 32.6 Å². The summed E-state index contributed by atoms with van der Waals surface area (Å²) in [5.74, 6) is -0.0237. The van der Waals surface area contributed by atoms with Gasteiger partial charge in [0.05, 0.1) is 23.6 Å².